The van der Waals surface area contributed by atoms with Crippen LogP contribution >= 0.6 is 0 Å². The number of amides is 1. The number of hydrogen-bond acceptors (Lipinski definition) is 5. The van der Waals surface area contributed by atoms with Crippen LogP contribution in [0, 0.1) is 6.92 Å². The third kappa shape index (κ3) is 2.83. The van der Waals surface area contributed by atoms with Crippen LogP contribution in [0.2, 0.25) is 0 Å². The van der Waals surface area contributed by atoms with E-state index < -0.39 is 6.04 Å². The molecule has 0 saturated carbocycles. The molecule has 0 saturated heterocycles. The standard InChI is InChI=1S/C19H18N6O/c1-12-5-3-7-15(9-12)24-18(26)16-13(2)23-19-21-11-22-25(19)17(16)14-6-4-8-20-10-14/h3-11,17H,1-2H3,(H,24,26)(H,21,22,23). The molecule has 0 radical (unpaired) electrons. The van der Waals surface area contributed by atoms with Crippen LogP contribution in [0.1, 0.15) is 24.1 Å². The van der Waals surface area contributed by atoms with Crippen LogP contribution in [-0.4, -0.2) is 25.7 Å². The molecule has 4 rings (SSSR count). The molecule has 7 nitrogen and oxygen atoms in total. The number of allylic oxidation sites excluding steroid dienone is 1. The number of rotatable bonds is 3. The van der Waals surface area contributed by atoms with Gasteiger partial charge in [0.15, 0.2) is 0 Å². The largest absolute Gasteiger partial charge is 0.328 e. The first-order valence-electron chi connectivity index (χ1n) is 8.29. The van der Waals surface area contributed by atoms with Crippen molar-refractivity contribution >= 4 is 17.5 Å². The highest BCUT2D eigenvalue weighted by atomic mass is 16.1. The maximum atomic E-state index is 13.1. The van der Waals surface area contributed by atoms with E-state index in [4.69, 9.17) is 0 Å². The Hall–Kier alpha value is -3.48. The zero-order valence-corrected chi connectivity index (χ0v) is 14.5. The summed E-state index contributed by atoms with van der Waals surface area (Å²) < 4.78 is 1.70. The fourth-order valence-corrected chi connectivity index (χ4v) is 3.15. The Morgan fingerprint density at radius 3 is 2.88 bits per heavy atom. The lowest BCUT2D eigenvalue weighted by Crippen LogP contribution is -2.31. The molecule has 3 aromatic rings. The lowest BCUT2D eigenvalue weighted by molar-refractivity contribution is -0.113. The molecule has 1 aliphatic heterocycles. The van der Waals surface area contributed by atoms with Gasteiger partial charge in [0.2, 0.25) is 5.95 Å². The minimum atomic E-state index is -0.396. The van der Waals surface area contributed by atoms with Crippen LogP contribution in [0.5, 0.6) is 0 Å². The van der Waals surface area contributed by atoms with Gasteiger partial charge in [-0.3, -0.25) is 9.78 Å². The van der Waals surface area contributed by atoms with Crippen molar-refractivity contribution < 1.29 is 4.79 Å². The third-order valence-electron chi connectivity index (χ3n) is 4.32. The Kier molecular flexibility index (Phi) is 3.96. The predicted octanol–water partition coefficient (Wildman–Crippen LogP) is 2.91. The van der Waals surface area contributed by atoms with Crippen molar-refractivity contribution in [3.05, 3.63) is 77.5 Å². The third-order valence-corrected chi connectivity index (χ3v) is 4.32. The predicted molar refractivity (Wildman–Crippen MR) is 98.5 cm³/mol. The molecule has 2 N–H and O–H groups in total. The molecule has 1 aromatic carbocycles. The lowest BCUT2D eigenvalue weighted by Gasteiger charge is -2.28. The van der Waals surface area contributed by atoms with E-state index in [0.717, 1.165) is 22.5 Å². The average molecular weight is 346 g/mol. The number of aromatic nitrogens is 4. The van der Waals surface area contributed by atoms with Gasteiger partial charge < -0.3 is 10.6 Å². The summed E-state index contributed by atoms with van der Waals surface area (Å²) in [6.45, 7) is 3.86. The van der Waals surface area contributed by atoms with E-state index in [1.807, 2.05) is 50.2 Å². The van der Waals surface area contributed by atoms with Gasteiger partial charge in [0.25, 0.3) is 5.91 Å². The number of pyridine rings is 1. The van der Waals surface area contributed by atoms with Gasteiger partial charge in [-0.1, -0.05) is 18.2 Å². The fourth-order valence-electron chi connectivity index (χ4n) is 3.15. The summed E-state index contributed by atoms with van der Waals surface area (Å²) in [5, 5.41) is 10.4. The van der Waals surface area contributed by atoms with Crippen LogP contribution in [0.4, 0.5) is 11.6 Å². The van der Waals surface area contributed by atoms with Crippen molar-refractivity contribution in [3.8, 4) is 0 Å². The maximum absolute atomic E-state index is 13.1. The number of carbonyl (C=O) groups excluding carboxylic acids is 1. The average Bonchev–Trinajstić information content (AvgIpc) is 3.09. The first-order chi connectivity index (χ1) is 12.6. The minimum Gasteiger partial charge on any atom is -0.328 e. The first kappa shape index (κ1) is 16.0. The highest BCUT2D eigenvalue weighted by molar-refractivity contribution is 6.06. The van der Waals surface area contributed by atoms with Crippen LogP contribution < -0.4 is 10.6 Å². The highest BCUT2D eigenvalue weighted by Crippen LogP contribution is 2.34. The van der Waals surface area contributed by atoms with Crippen molar-refractivity contribution in [1.29, 1.82) is 0 Å². The molecule has 0 bridgehead atoms. The molecule has 26 heavy (non-hydrogen) atoms. The van der Waals surface area contributed by atoms with Crippen LogP contribution in [0.25, 0.3) is 0 Å². The zero-order valence-electron chi connectivity index (χ0n) is 14.5. The summed E-state index contributed by atoms with van der Waals surface area (Å²) in [4.78, 5) is 21.5. The molecule has 7 heteroatoms. The number of aryl methyl sites for hydroxylation is 1. The summed E-state index contributed by atoms with van der Waals surface area (Å²) in [6.07, 6.45) is 4.92. The Balaban J connectivity index is 1.75. The number of nitrogens with zero attached hydrogens (tertiary/aromatic N) is 4. The molecular weight excluding hydrogens is 328 g/mol. The lowest BCUT2D eigenvalue weighted by atomic mass is 9.96. The van der Waals surface area contributed by atoms with Gasteiger partial charge in [-0.25, -0.2) is 4.68 Å². The van der Waals surface area contributed by atoms with E-state index in [1.54, 1.807) is 17.1 Å². The normalized spacial score (nSPS) is 16.0. The van der Waals surface area contributed by atoms with Crippen LogP contribution in [-0.2, 0) is 4.79 Å². The van der Waals surface area contributed by atoms with Gasteiger partial charge in [0.1, 0.15) is 12.4 Å². The molecule has 130 valence electrons. The number of fused-ring (bicyclic) bond motifs is 1. The van der Waals surface area contributed by atoms with Crippen LogP contribution in [0.3, 0.4) is 0 Å². The van der Waals surface area contributed by atoms with Gasteiger partial charge in [-0.05, 0) is 43.2 Å². The monoisotopic (exact) mass is 346 g/mol. The maximum Gasteiger partial charge on any atom is 0.255 e. The van der Waals surface area contributed by atoms with Crippen molar-refractivity contribution in [2.24, 2.45) is 0 Å². The van der Waals surface area contributed by atoms with E-state index in [2.05, 4.69) is 25.7 Å². The Morgan fingerprint density at radius 2 is 2.12 bits per heavy atom. The molecule has 1 unspecified atom stereocenters. The van der Waals surface area contributed by atoms with E-state index in [0.29, 0.717) is 11.5 Å². The van der Waals surface area contributed by atoms with E-state index in [9.17, 15) is 4.79 Å². The Labute approximate surface area is 150 Å². The smallest absolute Gasteiger partial charge is 0.255 e. The molecule has 2 aromatic heterocycles. The number of hydrogen-bond donors (Lipinski definition) is 2. The molecule has 3 heterocycles. The second kappa shape index (κ2) is 6.44. The van der Waals surface area contributed by atoms with Gasteiger partial charge in [-0.15, -0.1) is 0 Å². The van der Waals surface area contributed by atoms with Gasteiger partial charge in [0, 0.05) is 23.8 Å². The van der Waals surface area contributed by atoms with Crippen molar-refractivity contribution in [3.63, 3.8) is 0 Å². The van der Waals surface area contributed by atoms with Gasteiger partial charge in [0.05, 0.1) is 5.57 Å². The van der Waals surface area contributed by atoms with Crippen LogP contribution in [0.15, 0.2) is 66.4 Å². The summed E-state index contributed by atoms with van der Waals surface area (Å²) in [7, 11) is 0. The number of benzene rings is 1. The molecule has 0 aliphatic carbocycles. The second-order valence-electron chi connectivity index (χ2n) is 6.20. The zero-order chi connectivity index (χ0) is 18.1. The topological polar surface area (TPSA) is 84.7 Å². The van der Waals surface area contributed by atoms with Gasteiger partial charge >= 0.3 is 0 Å². The summed E-state index contributed by atoms with van der Waals surface area (Å²) in [6, 6.07) is 11.1. The molecular formula is C19H18N6O. The fraction of sp³-hybridized carbons (Fsp3) is 0.158. The minimum absolute atomic E-state index is 0.185. The van der Waals surface area contributed by atoms with E-state index in [1.165, 1.54) is 6.33 Å². The Morgan fingerprint density at radius 1 is 1.23 bits per heavy atom. The first-order valence-corrected chi connectivity index (χ1v) is 8.29. The quantitative estimate of drug-likeness (QED) is 0.762. The highest BCUT2D eigenvalue weighted by Gasteiger charge is 2.33. The molecule has 1 amide bonds. The van der Waals surface area contributed by atoms with Crippen molar-refractivity contribution in [1.82, 2.24) is 19.7 Å². The van der Waals surface area contributed by atoms with Gasteiger partial charge in [-0.2, -0.15) is 10.1 Å². The summed E-state index contributed by atoms with van der Waals surface area (Å²) >= 11 is 0. The second-order valence-corrected chi connectivity index (χ2v) is 6.20. The summed E-state index contributed by atoms with van der Waals surface area (Å²) in [5.74, 6) is 0.416. The van der Waals surface area contributed by atoms with Crippen molar-refractivity contribution in [2.45, 2.75) is 19.9 Å². The number of anilines is 2. The molecule has 0 spiro atoms. The SMILES string of the molecule is CC1=C(C(=O)Nc2cccc(C)c2)C(c2cccnc2)n2ncnc2N1. The van der Waals surface area contributed by atoms with E-state index in [-0.39, 0.29) is 5.91 Å². The molecule has 1 aliphatic rings. The Bertz CT molecular complexity index is 992. The number of nitrogens with one attached hydrogen (secondary N) is 2. The molecule has 0 fully saturated rings. The summed E-state index contributed by atoms with van der Waals surface area (Å²) in [5.41, 5.74) is 4.03. The van der Waals surface area contributed by atoms with Crippen molar-refractivity contribution in [2.75, 3.05) is 10.6 Å². The molecule has 1 atom stereocenters. The number of carbonyl (C=O) groups is 1. The van der Waals surface area contributed by atoms with E-state index >= 15 is 0 Å².